The van der Waals surface area contributed by atoms with Gasteiger partial charge in [0, 0.05) is 5.41 Å². The highest BCUT2D eigenvalue weighted by molar-refractivity contribution is 7.99. The first-order chi connectivity index (χ1) is 9.56. The van der Waals surface area contributed by atoms with Gasteiger partial charge in [-0.3, -0.25) is 0 Å². The Hall–Kier alpha value is -0.870. The van der Waals surface area contributed by atoms with E-state index >= 15 is 0 Å². The van der Waals surface area contributed by atoms with Crippen molar-refractivity contribution in [1.29, 1.82) is 0 Å². The van der Waals surface area contributed by atoms with Crippen molar-refractivity contribution in [3.05, 3.63) is 23.8 Å². The van der Waals surface area contributed by atoms with Gasteiger partial charge in [-0.1, -0.05) is 19.9 Å². The zero-order chi connectivity index (χ0) is 14.6. The first-order valence-electron chi connectivity index (χ1n) is 7.10. The molecule has 1 aliphatic heterocycles. The Kier molecular flexibility index (Phi) is 5.22. The maximum atomic E-state index is 9.51. The van der Waals surface area contributed by atoms with Gasteiger partial charge < -0.3 is 14.6 Å². The van der Waals surface area contributed by atoms with Gasteiger partial charge in [-0.15, -0.1) is 0 Å². The molecule has 3 nitrogen and oxygen atoms in total. The summed E-state index contributed by atoms with van der Waals surface area (Å²) in [6.07, 6.45) is 2.45. The first kappa shape index (κ1) is 15.5. The number of ether oxygens (including phenoxy) is 2. The minimum absolute atomic E-state index is 0.110. The Bertz CT molecular complexity index is 439. The number of benzene rings is 1. The van der Waals surface area contributed by atoms with Gasteiger partial charge in [-0.05, 0) is 42.0 Å². The van der Waals surface area contributed by atoms with Crippen LogP contribution in [0.5, 0.6) is 11.5 Å². The lowest BCUT2D eigenvalue weighted by Gasteiger charge is -2.26. The molecule has 0 spiro atoms. The molecule has 1 aromatic rings. The molecule has 0 radical (unpaired) electrons. The van der Waals surface area contributed by atoms with E-state index in [0.717, 1.165) is 41.4 Å². The molecule has 20 heavy (non-hydrogen) atoms. The molecule has 4 heteroatoms. The van der Waals surface area contributed by atoms with Crippen molar-refractivity contribution in [1.82, 2.24) is 0 Å². The average molecular weight is 296 g/mol. The molecule has 2 rings (SSSR count). The zero-order valence-electron chi connectivity index (χ0n) is 12.5. The van der Waals surface area contributed by atoms with E-state index < -0.39 is 0 Å². The van der Waals surface area contributed by atoms with E-state index in [0.29, 0.717) is 0 Å². The number of hydrogen-bond acceptors (Lipinski definition) is 4. The molecule has 0 atom stereocenters. The van der Waals surface area contributed by atoms with Crippen LogP contribution in [0.2, 0.25) is 0 Å². The van der Waals surface area contributed by atoms with Gasteiger partial charge in [0.25, 0.3) is 0 Å². The normalized spacial score (nSPS) is 17.0. The van der Waals surface area contributed by atoms with Crippen LogP contribution >= 0.6 is 11.8 Å². The molecule has 0 aliphatic carbocycles. The minimum Gasteiger partial charge on any atom is -0.493 e. The minimum atomic E-state index is -0.271. The van der Waals surface area contributed by atoms with Crippen molar-refractivity contribution < 1.29 is 14.6 Å². The van der Waals surface area contributed by atoms with Gasteiger partial charge in [0.2, 0.25) is 0 Å². The fraction of sp³-hybridized carbons (Fsp3) is 0.625. The highest BCUT2D eigenvalue weighted by Gasteiger charge is 2.23. The summed E-state index contributed by atoms with van der Waals surface area (Å²) >= 11 is 1.99. The molecule has 0 saturated carbocycles. The quantitative estimate of drug-likeness (QED) is 0.905. The van der Waals surface area contributed by atoms with Crippen molar-refractivity contribution in [3.63, 3.8) is 0 Å². The lowest BCUT2D eigenvalue weighted by atomic mass is 9.85. The predicted octanol–water partition coefficient (Wildman–Crippen LogP) is 3.24. The molecule has 1 N–H and O–H groups in total. The number of thioether (sulfide) groups is 1. The molecule has 0 aromatic heterocycles. The van der Waals surface area contributed by atoms with Crippen molar-refractivity contribution in [2.45, 2.75) is 38.2 Å². The molecule has 0 bridgehead atoms. The highest BCUT2D eigenvalue weighted by Crippen LogP contribution is 2.35. The van der Waals surface area contributed by atoms with Crippen LogP contribution in [0.1, 0.15) is 32.3 Å². The summed E-state index contributed by atoms with van der Waals surface area (Å²) in [7, 11) is 1.66. The van der Waals surface area contributed by atoms with Gasteiger partial charge in [0.15, 0.2) is 11.5 Å². The second-order valence-corrected chi connectivity index (χ2v) is 7.06. The molecule has 1 heterocycles. The van der Waals surface area contributed by atoms with Gasteiger partial charge in [0.1, 0.15) is 6.10 Å². The highest BCUT2D eigenvalue weighted by atomic mass is 32.2. The Morgan fingerprint density at radius 2 is 1.95 bits per heavy atom. The van der Waals surface area contributed by atoms with E-state index in [1.165, 1.54) is 0 Å². The third kappa shape index (κ3) is 3.61. The molecule has 1 aliphatic rings. The number of hydrogen-bond donors (Lipinski definition) is 1. The Morgan fingerprint density at radius 3 is 2.55 bits per heavy atom. The smallest absolute Gasteiger partial charge is 0.161 e. The lowest BCUT2D eigenvalue weighted by Crippen LogP contribution is -2.24. The molecule has 1 aromatic carbocycles. The van der Waals surface area contributed by atoms with Crippen molar-refractivity contribution in [2.75, 3.05) is 25.2 Å². The Balaban J connectivity index is 2.22. The second kappa shape index (κ2) is 6.72. The average Bonchev–Trinajstić information content (AvgIpc) is 2.48. The summed E-state index contributed by atoms with van der Waals surface area (Å²) in [5, 5.41) is 9.51. The van der Waals surface area contributed by atoms with Gasteiger partial charge in [0.05, 0.1) is 13.7 Å². The molecule has 0 unspecified atom stereocenters. The molecular formula is C16H24O3S. The van der Waals surface area contributed by atoms with Crippen molar-refractivity contribution >= 4 is 11.8 Å². The standard InChI is InChI=1S/C16H24O3S/c1-16(2,11-17)12-4-5-14(18-3)15(10-12)19-13-6-8-20-9-7-13/h4-5,10,13,17H,6-9,11H2,1-3H3. The van der Waals surface area contributed by atoms with Crippen molar-refractivity contribution in [2.24, 2.45) is 0 Å². The topological polar surface area (TPSA) is 38.7 Å². The largest absolute Gasteiger partial charge is 0.493 e. The van der Waals surface area contributed by atoms with E-state index in [2.05, 4.69) is 0 Å². The maximum absolute atomic E-state index is 9.51. The van der Waals surface area contributed by atoms with Crippen LogP contribution in [-0.4, -0.2) is 36.4 Å². The first-order valence-corrected chi connectivity index (χ1v) is 8.26. The molecule has 0 amide bonds. The third-order valence-corrected chi connectivity index (χ3v) is 4.85. The maximum Gasteiger partial charge on any atom is 0.161 e. The SMILES string of the molecule is COc1ccc(C(C)(C)CO)cc1OC1CCSCC1. The van der Waals surface area contributed by atoms with Crippen LogP contribution in [0.25, 0.3) is 0 Å². The molecular weight excluding hydrogens is 272 g/mol. The third-order valence-electron chi connectivity index (χ3n) is 3.80. The van der Waals surface area contributed by atoms with Gasteiger partial charge in [-0.2, -0.15) is 11.8 Å². The van der Waals surface area contributed by atoms with E-state index in [1.807, 2.05) is 43.8 Å². The molecule has 1 saturated heterocycles. The van der Waals surface area contributed by atoms with E-state index in [4.69, 9.17) is 9.47 Å². The predicted molar refractivity (Wildman–Crippen MR) is 84.1 cm³/mol. The van der Waals surface area contributed by atoms with E-state index in [9.17, 15) is 5.11 Å². The van der Waals surface area contributed by atoms with Crippen LogP contribution in [0.4, 0.5) is 0 Å². The lowest BCUT2D eigenvalue weighted by molar-refractivity contribution is 0.183. The van der Waals surface area contributed by atoms with Crippen LogP contribution < -0.4 is 9.47 Å². The summed E-state index contributed by atoms with van der Waals surface area (Å²) in [6, 6.07) is 5.94. The number of aliphatic hydroxyl groups excluding tert-OH is 1. The fourth-order valence-electron chi connectivity index (χ4n) is 2.25. The summed E-state index contributed by atoms with van der Waals surface area (Å²) in [6.45, 7) is 4.16. The molecule has 112 valence electrons. The van der Waals surface area contributed by atoms with Crippen LogP contribution in [0, 0.1) is 0 Å². The fourth-order valence-corrected chi connectivity index (χ4v) is 3.32. The Labute approximate surface area is 125 Å². The zero-order valence-corrected chi connectivity index (χ0v) is 13.3. The number of rotatable bonds is 5. The number of aliphatic hydroxyl groups is 1. The summed E-state index contributed by atoms with van der Waals surface area (Å²) in [5.74, 6) is 3.88. The van der Waals surface area contributed by atoms with Crippen LogP contribution in [-0.2, 0) is 5.41 Å². The van der Waals surface area contributed by atoms with Crippen LogP contribution in [0.15, 0.2) is 18.2 Å². The summed E-state index contributed by atoms with van der Waals surface area (Å²) < 4.78 is 11.5. The second-order valence-electron chi connectivity index (χ2n) is 5.84. The van der Waals surface area contributed by atoms with Gasteiger partial charge in [-0.25, -0.2) is 0 Å². The molecule has 1 fully saturated rings. The van der Waals surface area contributed by atoms with E-state index in [-0.39, 0.29) is 18.1 Å². The van der Waals surface area contributed by atoms with Crippen molar-refractivity contribution in [3.8, 4) is 11.5 Å². The Morgan fingerprint density at radius 1 is 1.25 bits per heavy atom. The van der Waals surface area contributed by atoms with Gasteiger partial charge >= 0.3 is 0 Å². The summed E-state index contributed by atoms with van der Waals surface area (Å²) in [5.41, 5.74) is 0.799. The summed E-state index contributed by atoms with van der Waals surface area (Å²) in [4.78, 5) is 0. The monoisotopic (exact) mass is 296 g/mol. The number of methoxy groups -OCH3 is 1. The van der Waals surface area contributed by atoms with E-state index in [1.54, 1.807) is 7.11 Å². The van der Waals surface area contributed by atoms with Crippen LogP contribution in [0.3, 0.4) is 0 Å².